The van der Waals surface area contributed by atoms with E-state index in [9.17, 15) is 8.78 Å². The third-order valence-electron chi connectivity index (χ3n) is 3.34. The van der Waals surface area contributed by atoms with Gasteiger partial charge in [0.1, 0.15) is 23.0 Å². The van der Waals surface area contributed by atoms with Crippen LogP contribution >= 0.6 is 11.6 Å². The molecule has 0 spiro atoms. The zero-order valence-electron chi connectivity index (χ0n) is 11.6. The van der Waals surface area contributed by atoms with E-state index in [1.165, 1.54) is 0 Å². The van der Waals surface area contributed by atoms with Gasteiger partial charge in [0.25, 0.3) is 0 Å². The first-order chi connectivity index (χ1) is 10.0. The van der Waals surface area contributed by atoms with E-state index in [0.29, 0.717) is 29.3 Å². The quantitative estimate of drug-likeness (QED) is 0.697. The molecule has 3 aromatic rings. The monoisotopic (exact) mass is 310 g/mol. The van der Waals surface area contributed by atoms with Gasteiger partial charge >= 0.3 is 0 Å². The van der Waals surface area contributed by atoms with Gasteiger partial charge in [0.05, 0.1) is 11.4 Å². The SMILES string of the molecule is Cc1nn(C)c2c1nc(CCCl)n2-c1cc(F)ccc1F. The lowest BCUT2D eigenvalue weighted by Gasteiger charge is -2.10. The number of aryl methyl sites for hydroxylation is 3. The third-order valence-corrected chi connectivity index (χ3v) is 3.53. The molecule has 0 amide bonds. The molecule has 2 heterocycles. The summed E-state index contributed by atoms with van der Waals surface area (Å²) in [5.74, 6) is -0.109. The highest BCUT2D eigenvalue weighted by atomic mass is 35.5. The van der Waals surface area contributed by atoms with Gasteiger partial charge in [0.15, 0.2) is 5.65 Å². The number of aromatic nitrogens is 4. The van der Waals surface area contributed by atoms with Crippen molar-refractivity contribution in [1.82, 2.24) is 19.3 Å². The second-order valence-electron chi connectivity index (χ2n) is 4.78. The molecule has 0 bridgehead atoms. The minimum Gasteiger partial charge on any atom is -0.278 e. The molecule has 0 fully saturated rings. The minimum absolute atomic E-state index is 0.112. The lowest BCUT2D eigenvalue weighted by molar-refractivity contribution is 0.590. The lowest BCUT2D eigenvalue weighted by atomic mass is 10.2. The molecule has 0 N–H and O–H groups in total. The number of hydrogen-bond acceptors (Lipinski definition) is 2. The predicted octanol–water partition coefficient (Wildman–Crippen LogP) is 3.13. The molecule has 0 aliphatic carbocycles. The van der Waals surface area contributed by atoms with Gasteiger partial charge in [0.2, 0.25) is 0 Å². The van der Waals surface area contributed by atoms with Gasteiger partial charge in [-0.15, -0.1) is 11.6 Å². The topological polar surface area (TPSA) is 35.6 Å². The minimum atomic E-state index is -0.523. The second kappa shape index (κ2) is 5.11. The van der Waals surface area contributed by atoms with Crippen molar-refractivity contribution in [2.24, 2.45) is 7.05 Å². The molecule has 1 aromatic carbocycles. The number of alkyl halides is 1. The molecule has 0 saturated heterocycles. The van der Waals surface area contributed by atoms with E-state index in [0.717, 1.165) is 23.9 Å². The average molecular weight is 311 g/mol. The maximum absolute atomic E-state index is 14.1. The summed E-state index contributed by atoms with van der Waals surface area (Å²) < 4.78 is 30.8. The van der Waals surface area contributed by atoms with Crippen LogP contribution in [0.2, 0.25) is 0 Å². The summed E-state index contributed by atoms with van der Waals surface area (Å²) in [5.41, 5.74) is 2.14. The van der Waals surface area contributed by atoms with E-state index in [1.54, 1.807) is 16.3 Å². The van der Waals surface area contributed by atoms with Crippen molar-refractivity contribution in [1.29, 1.82) is 0 Å². The van der Waals surface area contributed by atoms with E-state index < -0.39 is 11.6 Å². The number of imidazole rings is 1. The van der Waals surface area contributed by atoms with Crippen LogP contribution in [0.5, 0.6) is 0 Å². The van der Waals surface area contributed by atoms with Crippen LogP contribution < -0.4 is 0 Å². The van der Waals surface area contributed by atoms with E-state index in [2.05, 4.69) is 10.1 Å². The Hall–Kier alpha value is -1.95. The van der Waals surface area contributed by atoms with Gasteiger partial charge < -0.3 is 0 Å². The van der Waals surface area contributed by atoms with Gasteiger partial charge in [-0.1, -0.05) is 0 Å². The normalized spacial score (nSPS) is 11.5. The van der Waals surface area contributed by atoms with E-state index in [4.69, 9.17) is 11.6 Å². The van der Waals surface area contributed by atoms with Gasteiger partial charge in [0, 0.05) is 25.4 Å². The first-order valence-electron chi connectivity index (χ1n) is 6.45. The second-order valence-corrected chi connectivity index (χ2v) is 5.16. The number of halogens is 3. The molecule has 4 nitrogen and oxygen atoms in total. The predicted molar refractivity (Wildman–Crippen MR) is 76.9 cm³/mol. The first-order valence-corrected chi connectivity index (χ1v) is 6.98. The standard InChI is InChI=1S/C14H13ClF2N4/c1-8-13-14(20(2)19-8)21(12(18-13)5-6-15)11-7-9(16)3-4-10(11)17/h3-4,7H,5-6H2,1-2H3. The van der Waals surface area contributed by atoms with Crippen molar-refractivity contribution < 1.29 is 8.78 Å². The number of hydrogen-bond donors (Lipinski definition) is 0. The summed E-state index contributed by atoms with van der Waals surface area (Å²) in [6.07, 6.45) is 0.450. The Labute approximate surface area is 125 Å². The largest absolute Gasteiger partial charge is 0.278 e. The number of fused-ring (bicyclic) bond motifs is 1. The van der Waals surface area contributed by atoms with Gasteiger partial charge in [-0.25, -0.2) is 18.4 Å². The van der Waals surface area contributed by atoms with Crippen LogP contribution in [0.25, 0.3) is 16.9 Å². The van der Waals surface area contributed by atoms with Crippen LogP contribution in [0.15, 0.2) is 18.2 Å². The average Bonchev–Trinajstić information content (AvgIpc) is 2.93. The Bertz CT molecular complexity index is 822. The molecule has 7 heteroatoms. The van der Waals surface area contributed by atoms with E-state index >= 15 is 0 Å². The summed E-state index contributed by atoms with van der Waals surface area (Å²) in [6.45, 7) is 1.83. The molecule has 0 saturated carbocycles. The number of benzene rings is 1. The van der Waals surface area contributed by atoms with Crippen LogP contribution in [-0.4, -0.2) is 25.2 Å². The Balaban J connectivity index is 2.38. The molecule has 0 unspecified atom stereocenters. The van der Waals surface area contributed by atoms with E-state index in [1.807, 2.05) is 6.92 Å². The highest BCUT2D eigenvalue weighted by molar-refractivity contribution is 6.17. The van der Waals surface area contributed by atoms with Crippen LogP contribution in [0.4, 0.5) is 8.78 Å². The molecule has 3 rings (SSSR count). The molecule has 0 atom stereocenters. The molecule has 0 radical (unpaired) electrons. The fourth-order valence-electron chi connectivity index (χ4n) is 2.48. The summed E-state index contributed by atoms with van der Waals surface area (Å²) in [6, 6.07) is 3.34. The molecule has 0 aliphatic rings. The van der Waals surface area contributed by atoms with E-state index in [-0.39, 0.29) is 5.69 Å². The summed E-state index contributed by atoms with van der Waals surface area (Å²) >= 11 is 5.80. The Morgan fingerprint density at radius 2 is 2.05 bits per heavy atom. The Morgan fingerprint density at radius 1 is 1.29 bits per heavy atom. The Morgan fingerprint density at radius 3 is 2.76 bits per heavy atom. The molecular weight excluding hydrogens is 298 g/mol. The van der Waals surface area contributed by atoms with Gasteiger partial charge in [-0.3, -0.25) is 4.57 Å². The smallest absolute Gasteiger partial charge is 0.163 e. The zero-order valence-corrected chi connectivity index (χ0v) is 12.3. The molecule has 0 aliphatic heterocycles. The molecular formula is C14H13ClF2N4. The molecule has 110 valence electrons. The maximum Gasteiger partial charge on any atom is 0.163 e. The van der Waals surface area contributed by atoms with Crippen molar-refractivity contribution in [2.75, 3.05) is 5.88 Å². The van der Waals surface area contributed by atoms with Crippen molar-refractivity contribution in [3.63, 3.8) is 0 Å². The van der Waals surface area contributed by atoms with Crippen LogP contribution in [0, 0.1) is 18.6 Å². The summed E-state index contributed by atoms with van der Waals surface area (Å²) in [4.78, 5) is 4.48. The van der Waals surface area contributed by atoms with Crippen molar-refractivity contribution in [3.8, 4) is 5.69 Å². The lowest BCUT2D eigenvalue weighted by Crippen LogP contribution is -2.08. The van der Waals surface area contributed by atoms with Crippen molar-refractivity contribution >= 4 is 22.8 Å². The van der Waals surface area contributed by atoms with Crippen molar-refractivity contribution in [2.45, 2.75) is 13.3 Å². The maximum atomic E-state index is 14.1. The number of nitrogens with zero attached hydrogens (tertiary/aromatic N) is 4. The summed E-state index contributed by atoms with van der Waals surface area (Å²) in [7, 11) is 1.75. The van der Waals surface area contributed by atoms with Crippen LogP contribution in [0.1, 0.15) is 11.5 Å². The highest BCUT2D eigenvalue weighted by Gasteiger charge is 2.20. The highest BCUT2D eigenvalue weighted by Crippen LogP contribution is 2.26. The van der Waals surface area contributed by atoms with Crippen LogP contribution in [-0.2, 0) is 13.5 Å². The zero-order chi connectivity index (χ0) is 15.1. The fraction of sp³-hybridized carbons (Fsp3) is 0.286. The molecule has 21 heavy (non-hydrogen) atoms. The number of rotatable bonds is 3. The fourth-order valence-corrected chi connectivity index (χ4v) is 2.65. The molecule has 2 aromatic heterocycles. The first kappa shape index (κ1) is 14.0. The van der Waals surface area contributed by atoms with Gasteiger partial charge in [-0.05, 0) is 19.1 Å². The van der Waals surface area contributed by atoms with Crippen LogP contribution in [0.3, 0.4) is 0 Å². The summed E-state index contributed by atoms with van der Waals surface area (Å²) in [5, 5.41) is 4.27. The Kier molecular flexibility index (Phi) is 3.41. The van der Waals surface area contributed by atoms with Crippen molar-refractivity contribution in [3.05, 3.63) is 41.4 Å². The van der Waals surface area contributed by atoms with Gasteiger partial charge in [-0.2, -0.15) is 5.10 Å². The third kappa shape index (κ3) is 2.19.